The van der Waals surface area contributed by atoms with Crippen LogP contribution in [0.1, 0.15) is 70.0 Å². The molecule has 1 saturated heterocycles. The van der Waals surface area contributed by atoms with Gasteiger partial charge in [-0.1, -0.05) is 18.1 Å². The van der Waals surface area contributed by atoms with Crippen molar-refractivity contribution in [2.75, 3.05) is 27.3 Å². The van der Waals surface area contributed by atoms with Crippen molar-refractivity contribution in [1.82, 2.24) is 4.90 Å². The van der Waals surface area contributed by atoms with Crippen LogP contribution in [0.3, 0.4) is 0 Å². The summed E-state index contributed by atoms with van der Waals surface area (Å²) in [5.74, 6) is 1.86. The van der Waals surface area contributed by atoms with Crippen LogP contribution in [0.2, 0.25) is 0 Å². The lowest BCUT2D eigenvalue weighted by Crippen LogP contribution is -2.43. The Morgan fingerprint density at radius 2 is 1.94 bits per heavy atom. The molecule has 32 heavy (non-hydrogen) atoms. The van der Waals surface area contributed by atoms with Crippen LogP contribution in [0.4, 0.5) is 0 Å². The molecule has 2 fully saturated rings. The van der Waals surface area contributed by atoms with Crippen LogP contribution >= 0.6 is 0 Å². The Morgan fingerprint density at radius 3 is 2.69 bits per heavy atom. The standard InChI is InChI=1S/C27H37NO4/c1-16-7-6-9-27(3)14-25-20(12-22(16)27)21(26(29)32-25)15-28-10-8-18-11-23(30-4)24(31-5)13-19(18)17(28)2/h11,13,17,20-21,25H,6-10,12,14-15H2,1-5H3/t17-,20+,21?,25+,27+/m0/s1. The summed E-state index contributed by atoms with van der Waals surface area (Å²) in [7, 11) is 3.37. The molecule has 1 unspecified atom stereocenters. The molecule has 0 radical (unpaired) electrons. The number of benzene rings is 1. The second-order valence-electron chi connectivity index (χ2n) is 10.7. The first-order chi connectivity index (χ1) is 15.3. The Kier molecular flexibility index (Phi) is 5.51. The van der Waals surface area contributed by atoms with E-state index in [1.165, 1.54) is 30.4 Å². The molecule has 5 heteroatoms. The first kappa shape index (κ1) is 21.8. The lowest BCUT2D eigenvalue weighted by molar-refractivity contribution is -0.145. The van der Waals surface area contributed by atoms with Gasteiger partial charge in [0.05, 0.1) is 20.1 Å². The normalized spacial score (nSPS) is 34.5. The highest BCUT2D eigenvalue weighted by Gasteiger charge is 2.53. The average molecular weight is 440 g/mol. The van der Waals surface area contributed by atoms with Crippen molar-refractivity contribution in [1.29, 1.82) is 0 Å². The quantitative estimate of drug-likeness (QED) is 0.484. The van der Waals surface area contributed by atoms with E-state index in [1.54, 1.807) is 25.4 Å². The first-order valence-corrected chi connectivity index (χ1v) is 12.2. The number of carbonyl (C=O) groups excluding carboxylic acids is 1. The van der Waals surface area contributed by atoms with Crippen molar-refractivity contribution in [2.45, 2.75) is 71.4 Å². The van der Waals surface area contributed by atoms with Gasteiger partial charge in [-0.05, 0) is 81.0 Å². The van der Waals surface area contributed by atoms with Crippen molar-refractivity contribution in [3.8, 4) is 11.5 Å². The second-order valence-corrected chi connectivity index (χ2v) is 10.7. The van der Waals surface area contributed by atoms with Crippen LogP contribution in [0, 0.1) is 17.3 Å². The van der Waals surface area contributed by atoms with Crippen molar-refractivity contribution >= 4 is 5.97 Å². The third-order valence-corrected chi connectivity index (χ3v) is 8.92. The maximum atomic E-state index is 13.0. The number of ether oxygens (including phenoxy) is 3. The molecule has 0 spiro atoms. The van der Waals surface area contributed by atoms with Gasteiger partial charge in [-0.2, -0.15) is 0 Å². The van der Waals surface area contributed by atoms with E-state index < -0.39 is 0 Å². The van der Waals surface area contributed by atoms with Gasteiger partial charge >= 0.3 is 5.97 Å². The highest BCUT2D eigenvalue weighted by atomic mass is 16.6. The van der Waals surface area contributed by atoms with E-state index in [2.05, 4.69) is 37.8 Å². The molecule has 1 aromatic rings. The summed E-state index contributed by atoms with van der Waals surface area (Å²) in [4.78, 5) is 15.5. The van der Waals surface area contributed by atoms with E-state index >= 15 is 0 Å². The Morgan fingerprint density at radius 1 is 1.19 bits per heavy atom. The molecular formula is C27H37NO4. The summed E-state index contributed by atoms with van der Waals surface area (Å²) in [6.07, 6.45) is 6.79. The molecular weight excluding hydrogens is 402 g/mol. The molecule has 0 aromatic heterocycles. The second kappa shape index (κ2) is 8.09. The van der Waals surface area contributed by atoms with Crippen LogP contribution in [0.5, 0.6) is 11.5 Å². The summed E-state index contributed by atoms with van der Waals surface area (Å²) < 4.78 is 17.1. The van der Waals surface area contributed by atoms with Crippen molar-refractivity contribution in [3.63, 3.8) is 0 Å². The average Bonchev–Trinajstić information content (AvgIpc) is 3.06. The van der Waals surface area contributed by atoms with Gasteiger partial charge in [0.25, 0.3) is 0 Å². The van der Waals surface area contributed by atoms with Gasteiger partial charge < -0.3 is 14.2 Å². The minimum Gasteiger partial charge on any atom is -0.493 e. The zero-order valence-electron chi connectivity index (χ0n) is 20.2. The Labute approximate surface area is 192 Å². The molecule has 2 heterocycles. The zero-order chi connectivity index (χ0) is 22.6. The molecule has 1 aromatic carbocycles. The van der Waals surface area contributed by atoms with Crippen LogP contribution < -0.4 is 9.47 Å². The first-order valence-electron chi connectivity index (χ1n) is 12.2. The number of nitrogens with zero attached hydrogens (tertiary/aromatic N) is 1. The maximum Gasteiger partial charge on any atom is 0.310 e. The van der Waals surface area contributed by atoms with Gasteiger partial charge in [-0.3, -0.25) is 9.69 Å². The molecule has 5 rings (SSSR count). The largest absolute Gasteiger partial charge is 0.493 e. The monoisotopic (exact) mass is 439 g/mol. The predicted octanol–water partition coefficient (Wildman–Crippen LogP) is 5.08. The zero-order valence-corrected chi connectivity index (χ0v) is 20.2. The van der Waals surface area contributed by atoms with Gasteiger partial charge in [0.15, 0.2) is 11.5 Å². The van der Waals surface area contributed by atoms with Gasteiger partial charge in [-0.25, -0.2) is 0 Å². The van der Waals surface area contributed by atoms with Crippen LogP contribution in [-0.4, -0.2) is 44.3 Å². The van der Waals surface area contributed by atoms with E-state index in [9.17, 15) is 4.79 Å². The molecule has 0 amide bonds. The Bertz CT molecular complexity index is 953. The molecule has 2 aliphatic heterocycles. The SMILES string of the molecule is COc1cc2c(cc1OC)[C@H](C)N(CC1C(=O)O[C@@H]3C[C@@]4(C)CCCC(C)=C4C[C@H]13)CC2. The van der Waals surface area contributed by atoms with E-state index in [-0.39, 0.29) is 29.4 Å². The topological polar surface area (TPSA) is 48.0 Å². The van der Waals surface area contributed by atoms with Gasteiger partial charge in [-0.15, -0.1) is 0 Å². The van der Waals surface area contributed by atoms with Crippen molar-refractivity contribution in [2.24, 2.45) is 17.3 Å². The fraction of sp³-hybridized carbons (Fsp3) is 0.667. The molecule has 1 saturated carbocycles. The van der Waals surface area contributed by atoms with E-state index in [1.807, 2.05) is 0 Å². The number of fused-ring (bicyclic) bond motifs is 3. The van der Waals surface area contributed by atoms with Gasteiger partial charge in [0.1, 0.15) is 6.10 Å². The minimum atomic E-state index is -0.0316. The van der Waals surface area contributed by atoms with Crippen molar-refractivity contribution < 1.29 is 19.0 Å². The van der Waals surface area contributed by atoms with Crippen LogP contribution in [0.25, 0.3) is 0 Å². The van der Waals surface area contributed by atoms with E-state index in [4.69, 9.17) is 14.2 Å². The summed E-state index contributed by atoms with van der Waals surface area (Å²) in [5, 5.41) is 0. The van der Waals surface area contributed by atoms with E-state index in [0.717, 1.165) is 43.9 Å². The van der Waals surface area contributed by atoms with Gasteiger partial charge in [0, 0.05) is 25.0 Å². The lowest BCUT2D eigenvalue weighted by atomic mass is 9.59. The molecule has 0 N–H and O–H groups in total. The highest BCUT2D eigenvalue weighted by molar-refractivity contribution is 5.76. The Balaban J connectivity index is 1.37. The van der Waals surface area contributed by atoms with Crippen LogP contribution in [-0.2, 0) is 16.0 Å². The Hall–Kier alpha value is -2.01. The predicted molar refractivity (Wildman–Crippen MR) is 124 cm³/mol. The number of hydrogen-bond acceptors (Lipinski definition) is 5. The number of carbonyl (C=O) groups is 1. The highest BCUT2D eigenvalue weighted by Crippen LogP contribution is 2.55. The third kappa shape index (κ3) is 3.44. The number of allylic oxidation sites excluding steroid dienone is 2. The fourth-order valence-electron chi connectivity index (χ4n) is 7.02. The molecule has 5 nitrogen and oxygen atoms in total. The molecule has 4 aliphatic rings. The lowest BCUT2D eigenvalue weighted by Gasteiger charge is -2.46. The molecule has 174 valence electrons. The molecule has 5 atom stereocenters. The molecule has 2 aliphatic carbocycles. The number of methoxy groups -OCH3 is 2. The summed E-state index contributed by atoms with van der Waals surface area (Å²) >= 11 is 0. The minimum absolute atomic E-state index is 0.0193. The number of hydrogen-bond donors (Lipinski definition) is 0. The fourth-order valence-corrected chi connectivity index (χ4v) is 7.02. The number of esters is 1. The molecule has 0 bridgehead atoms. The van der Waals surface area contributed by atoms with Gasteiger partial charge in [0.2, 0.25) is 0 Å². The summed E-state index contributed by atoms with van der Waals surface area (Å²) in [6.45, 7) is 8.67. The maximum absolute atomic E-state index is 13.0. The van der Waals surface area contributed by atoms with Crippen LogP contribution in [0.15, 0.2) is 23.3 Å². The smallest absolute Gasteiger partial charge is 0.310 e. The van der Waals surface area contributed by atoms with E-state index in [0.29, 0.717) is 5.92 Å². The summed E-state index contributed by atoms with van der Waals surface area (Å²) in [6, 6.07) is 4.46. The van der Waals surface area contributed by atoms with Crippen molar-refractivity contribution in [3.05, 3.63) is 34.4 Å². The third-order valence-electron chi connectivity index (χ3n) is 8.92. The number of rotatable bonds is 4. The summed E-state index contributed by atoms with van der Waals surface area (Å²) in [5.41, 5.74) is 6.01.